The first kappa shape index (κ1) is 22.6. The highest BCUT2D eigenvalue weighted by Crippen LogP contribution is 2.40. The molecule has 2 fully saturated rings. The van der Waals surface area contributed by atoms with Gasteiger partial charge in [-0.25, -0.2) is 13.1 Å². The molecule has 3 aliphatic rings. The number of hydrogen-bond acceptors (Lipinski definition) is 6. The van der Waals surface area contributed by atoms with Gasteiger partial charge in [-0.3, -0.25) is 14.3 Å². The van der Waals surface area contributed by atoms with Gasteiger partial charge in [0.1, 0.15) is 13.2 Å². The molecule has 1 aliphatic carbocycles. The standard InChI is InChI=1S/C26H29N3O5S/c1-17(30)29-12-9-21-19(3-2-4-23(21)29)16-28-11-10-22(27-35(31,32)20-6-7-20)26(28)18-5-8-24-25(15-18)34-14-13-33-24/h2-5,8-9,12,15,20,22,26-27H,6-7,10-11,13-14,16H2,1H3/t22-,26?/m0/s1. The second kappa shape index (κ2) is 8.65. The lowest BCUT2D eigenvalue weighted by molar-refractivity contribution is 0.0941. The zero-order valence-corrected chi connectivity index (χ0v) is 20.5. The monoisotopic (exact) mass is 495 g/mol. The second-order valence-electron chi connectivity index (χ2n) is 9.63. The Labute approximate surface area is 204 Å². The van der Waals surface area contributed by atoms with Gasteiger partial charge in [-0.15, -0.1) is 0 Å². The van der Waals surface area contributed by atoms with Crippen molar-refractivity contribution in [1.29, 1.82) is 0 Å². The third kappa shape index (κ3) is 4.22. The van der Waals surface area contributed by atoms with Crippen LogP contribution in [0.4, 0.5) is 0 Å². The zero-order chi connectivity index (χ0) is 24.2. The lowest BCUT2D eigenvalue weighted by Crippen LogP contribution is -2.41. The molecule has 1 saturated heterocycles. The second-order valence-corrected chi connectivity index (χ2v) is 11.6. The Kier molecular flexibility index (Phi) is 5.58. The van der Waals surface area contributed by atoms with Gasteiger partial charge in [0.15, 0.2) is 11.5 Å². The molecule has 1 unspecified atom stereocenters. The fourth-order valence-corrected chi connectivity index (χ4v) is 7.01. The van der Waals surface area contributed by atoms with Crippen LogP contribution in [0, 0.1) is 0 Å². The number of likely N-dealkylation sites (tertiary alicyclic amines) is 1. The first-order chi connectivity index (χ1) is 16.9. The molecular formula is C26H29N3O5S. The van der Waals surface area contributed by atoms with Crippen molar-refractivity contribution in [3.63, 3.8) is 0 Å². The van der Waals surface area contributed by atoms with Crippen molar-refractivity contribution >= 4 is 26.8 Å². The van der Waals surface area contributed by atoms with E-state index in [1.54, 1.807) is 11.5 Å². The Morgan fingerprint density at radius 1 is 1.06 bits per heavy atom. The normalized spacial score (nSPS) is 22.5. The fraction of sp³-hybridized carbons (Fsp3) is 0.423. The van der Waals surface area contributed by atoms with Gasteiger partial charge in [-0.1, -0.05) is 18.2 Å². The lowest BCUT2D eigenvalue weighted by Gasteiger charge is -2.30. The van der Waals surface area contributed by atoms with Crippen molar-refractivity contribution in [2.24, 2.45) is 0 Å². The van der Waals surface area contributed by atoms with Crippen LogP contribution < -0.4 is 14.2 Å². The summed E-state index contributed by atoms with van der Waals surface area (Å²) in [5, 5.41) is 0.767. The van der Waals surface area contributed by atoms with E-state index in [1.165, 1.54) is 0 Å². The van der Waals surface area contributed by atoms with Gasteiger partial charge in [0.2, 0.25) is 15.9 Å². The SMILES string of the molecule is CC(=O)n1ccc2c(CN3CC[C@H](NS(=O)(=O)C4CC4)C3c3ccc4c(c3)OCCO4)cccc21. The molecule has 8 nitrogen and oxygen atoms in total. The quantitative estimate of drug-likeness (QED) is 0.563. The van der Waals surface area contributed by atoms with Crippen molar-refractivity contribution in [2.45, 2.75) is 50.1 Å². The molecule has 1 saturated carbocycles. The van der Waals surface area contributed by atoms with Crippen molar-refractivity contribution in [2.75, 3.05) is 19.8 Å². The van der Waals surface area contributed by atoms with Crippen LogP contribution in [0.1, 0.15) is 48.1 Å². The first-order valence-electron chi connectivity index (χ1n) is 12.2. The van der Waals surface area contributed by atoms with E-state index in [-0.39, 0.29) is 23.2 Å². The van der Waals surface area contributed by atoms with Gasteiger partial charge in [0.05, 0.1) is 16.8 Å². The van der Waals surface area contributed by atoms with Gasteiger partial charge in [-0.2, -0.15) is 0 Å². The number of carbonyl (C=O) groups excluding carboxylic acids is 1. The van der Waals surface area contributed by atoms with E-state index in [1.807, 2.05) is 42.6 Å². The van der Waals surface area contributed by atoms with E-state index in [9.17, 15) is 13.2 Å². The van der Waals surface area contributed by atoms with Crippen molar-refractivity contribution in [1.82, 2.24) is 14.2 Å². The number of nitrogens with one attached hydrogen (secondary N) is 1. The van der Waals surface area contributed by atoms with Crippen molar-refractivity contribution in [3.8, 4) is 11.5 Å². The highest BCUT2D eigenvalue weighted by Gasteiger charge is 2.42. The Balaban J connectivity index is 1.35. The molecule has 1 N–H and O–H groups in total. The van der Waals surface area contributed by atoms with Crippen LogP contribution in [0.3, 0.4) is 0 Å². The maximum atomic E-state index is 12.9. The van der Waals surface area contributed by atoms with Crippen LogP contribution in [-0.2, 0) is 16.6 Å². The fourth-order valence-electron chi connectivity index (χ4n) is 5.39. The van der Waals surface area contributed by atoms with Gasteiger partial charge in [0, 0.05) is 37.6 Å². The minimum atomic E-state index is -3.34. The van der Waals surface area contributed by atoms with Crippen molar-refractivity contribution in [3.05, 3.63) is 59.8 Å². The number of carbonyl (C=O) groups is 1. The van der Waals surface area contributed by atoms with Gasteiger partial charge in [0.25, 0.3) is 0 Å². The Hall–Kier alpha value is -2.88. The number of sulfonamides is 1. The largest absolute Gasteiger partial charge is 0.486 e. The molecule has 184 valence electrons. The van der Waals surface area contributed by atoms with Gasteiger partial charge >= 0.3 is 0 Å². The Morgan fingerprint density at radius 2 is 1.86 bits per heavy atom. The van der Waals surface area contributed by atoms with E-state index >= 15 is 0 Å². The highest BCUT2D eigenvalue weighted by atomic mass is 32.2. The van der Waals surface area contributed by atoms with Crippen LogP contribution in [0.5, 0.6) is 11.5 Å². The number of aromatic nitrogens is 1. The van der Waals surface area contributed by atoms with Gasteiger partial charge < -0.3 is 9.47 Å². The predicted octanol–water partition coefficient (Wildman–Crippen LogP) is 3.47. The molecule has 0 radical (unpaired) electrons. The summed E-state index contributed by atoms with van der Waals surface area (Å²) in [6.45, 7) is 3.97. The van der Waals surface area contributed by atoms with E-state index in [2.05, 4.69) is 15.7 Å². The summed E-state index contributed by atoms with van der Waals surface area (Å²) in [4.78, 5) is 14.4. The minimum absolute atomic E-state index is 0.0259. The molecule has 0 spiro atoms. The van der Waals surface area contributed by atoms with E-state index in [0.717, 1.165) is 53.6 Å². The molecular weight excluding hydrogens is 466 g/mol. The third-order valence-corrected chi connectivity index (χ3v) is 9.20. The maximum Gasteiger partial charge on any atom is 0.227 e. The number of ether oxygens (including phenoxy) is 2. The predicted molar refractivity (Wildman–Crippen MR) is 132 cm³/mol. The number of hydrogen-bond donors (Lipinski definition) is 1. The smallest absolute Gasteiger partial charge is 0.227 e. The molecule has 6 rings (SSSR count). The van der Waals surface area contributed by atoms with Crippen LogP contribution in [0.25, 0.3) is 10.9 Å². The van der Waals surface area contributed by atoms with E-state index < -0.39 is 10.0 Å². The first-order valence-corrected chi connectivity index (χ1v) is 13.7. The number of benzene rings is 2. The van der Waals surface area contributed by atoms with E-state index in [4.69, 9.17) is 9.47 Å². The molecule has 0 bridgehead atoms. The molecule has 0 amide bonds. The van der Waals surface area contributed by atoms with Crippen LogP contribution in [-0.4, -0.2) is 54.8 Å². The summed E-state index contributed by atoms with van der Waals surface area (Å²) >= 11 is 0. The molecule has 9 heteroatoms. The molecule has 2 atom stereocenters. The molecule has 35 heavy (non-hydrogen) atoms. The Bertz CT molecular complexity index is 1400. The Morgan fingerprint density at radius 3 is 2.63 bits per heavy atom. The van der Waals surface area contributed by atoms with Crippen LogP contribution in [0.2, 0.25) is 0 Å². The minimum Gasteiger partial charge on any atom is -0.486 e. The number of nitrogens with zero attached hydrogens (tertiary/aromatic N) is 2. The molecule has 1 aromatic heterocycles. The zero-order valence-electron chi connectivity index (χ0n) is 19.6. The third-order valence-electron chi connectivity index (χ3n) is 7.22. The van der Waals surface area contributed by atoms with Crippen molar-refractivity contribution < 1.29 is 22.7 Å². The average Bonchev–Trinajstić information content (AvgIpc) is 3.52. The topological polar surface area (TPSA) is 89.9 Å². The summed E-state index contributed by atoms with van der Waals surface area (Å²) in [6.07, 6.45) is 3.99. The lowest BCUT2D eigenvalue weighted by atomic mass is 9.99. The number of rotatable bonds is 6. The molecule has 3 heterocycles. The highest BCUT2D eigenvalue weighted by molar-refractivity contribution is 7.90. The molecule has 2 aromatic carbocycles. The summed E-state index contributed by atoms with van der Waals surface area (Å²) in [5.41, 5.74) is 3.00. The summed E-state index contributed by atoms with van der Waals surface area (Å²) in [5.74, 6) is 1.39. The summed E-state index contributed by atoms with van der Waals surface area (Å²) in [7, 11) is -3.34. The van der Waals surface area contributed by atoms with Gasteiger partial charge in [-0.05, 0) is 54.7 Å². The number of fused-ring (bicyclic) bond motifs is 2. The van der Waals surface area contributed by atoms with Crippen LogP contribution in [0.15, 0.2) is 48.7 Å². The average molecular weight is 496 g/mol. The molecule has 2 aliphatic heterocycles. The maximum absolute atomic E-state index is 12.9. The summed E-state index contributed by atoms with van der Waals surface area (Å²) < 4.78 is 41.9. The van der Waals surface area contributed by atoms with Crippen LogP contribution >= 0.6 is 0 Å². The summed E-state index contributed by atoms with van der Waals surface area (Å²) in [6, 6.07) is 13.5. The molecule has 3 aromatic rings. The van der Waals surface area contributed by atoms with E-state index in [0.29, 0.717) is 25.5 Å².